The maximum absolute atomic E-state index is 11.9. The van der Waals surface area contributed by atoms with Gasteiger partial charge in [0.15, 0.2) is 5.15 Å². The van der Waals surface area contributed by atoms with E-state index in [0.29, 0.717) is 38.5 Å². The third-order valence-corrected chi connectivity index (χ3v) is 6.23. The smallest absolute Gasteiger partial charge is 0.235 e. The molecule has 0 unspecified atom stereocenters. The van der Waals surface area contributed by atoms with Crippen molar-refractivity contribution in [1.82, 2.24) is 9.78 Å². The molecule has 1 N–H and O–H groups in total. The van der Waals surface area contributed by atoms with E-state index in [1.807, 2.05) is 0 Å². The van der Waals surface area contributed by atoms with Crippen LogP contribution < -0.4 is 9.46 Å². The van der Waals surface area contributed by atoms with Crippen molar-refractivity contribution in [2.45, 2.75) is 6.54 Å². The van der Waals surface area contributed by atoms with Crippen LogP contribution in [0.25, 0.3) is 11.1 Å². The summed E-state index contributed by atoms with van der Waals surface area (Å²) < 4.78 is 33.6. The summed E-state index contributed by atoms with van der Waals surface area (Å²) in [4.78, 5) is 0. The van der Waals surface area contributed by atoms with Gasteiger partial charge in [0.05, 0.1) is 27.9 Å². The van der Waals surface area contributed by atoms with Crippen molar-refractivity contribution in [3.63, 3.8) is 0 Å². The van der Waals surface area contributed by atoms with E-state index in [2.05, 4.69) is 9.82 Å². The Hall–Kier alpha value is -1.93. The van der Waals surface area contributed by atoms with Gasteiger partial charge in [-0.05, 0) is 29.8 Å². The summed E-state index contributed by atoms with van der Waals surface area (Å²) in [5, 5.41) is 5.27. The Kier molecular flexibility index (Phi) is 4.71. The van der Waals surface area contributed by atoms with Gasteiger partial charge >= 0.3 is 0 Å². The number of ether oxygens (including phenoxy) is 1. The largest absolute Gasteiger partial charge is 0.457 e. The van der Waals surface area contributed by atoms with Gasteiger partial charge in [-0.3, -0.25) is 4.72 Å². The SMILES string of the molecule is O=S1(=O)CCn2nc(Cl)c(-c3ccc(Oc4ccc(Cl)c(Cl)c4)cc3)c2N1. The zero-order valence-corrected chi connectivity index (χ0v) is 16.7. The first-order valence-electron chi connectivity index (χ1n) is 7.82. The van der Waals surface area contributed by atoms with Gasteiger partial charge in [-0.15, -0.1) is 0 Å². The van der Waals surface area contributed by atoms with E-state index < -0.39 is 10.0 Å². The lowest BCUT2D eigenvalue weighted by Crippen LogP contribution is -2.28. The molecule has 0 bridgehead atoms. The van der Waals surface area contributed by atoms with Crippen LogP contribution in [0.3, 0.4) is 0 Å². The van der Waals surface area contributed by atoms with Gasteiger partial charge in [0.25, 0.3) is 0 Å². The van der Waals surface area contributed by atoms with Gasteiger partial charge in [-0.2, -0.15) is 5.10 Å². The van der Waals surface area contributed by atoms with E-state index in [4.69, 9.17) is 39.5 Å². The number of nitrogens with zero attached hydrogens (tertiary/aromatic N) is 2. The fraction of sp³-hybridized carbons (Fsp3) is 0.118. The molecule has 1 aromatic heterocycles. The highest BCUT2D eigenvalue weighted by atomic mass is 35.5. The van der Waals surface area contributed by atoms with Crippen LogP contribution in [0.1, 0.15) is 0 Å². The van der Waals surface area contributed by atoms with E-state index in [1.54, 1.807) is 47.1 Å². The highest BCUT2D eigenvalue weighted by Crippen LogP contribution is 2.38. The van der Waals surface area contributed by atoms with Crippen LogP contribution in [0.5, 0.6) is 11.5 Å². The molecule has 1 aliphatic rings. The number of hydrogen-bond donors (Lipinski definition) is 1. The summed E-state index contributed by atoms with van der Waals surface area (Å²) >= 11 is 18.1. The Labute approximate surface area is 170 Å². The van der Waals surface area contributed by atoms with Crippen molar-refractivity contribution in [2.24, 2.45) is 0 Å². The molecule has 140 valence electrons. The van der Waals surface area contributed by atoms with Gasteiger partial charge < -0.3 is 4.74 Å². The molecule has 0 aliphatic carbocycles. The number of halogens is 3. The number of rotatable bonds is 3. The summed E-state index contributed by atoms with van der Waals surface area (Å²) in [6.45, 7) is 0.253. The van der Waals surface area contributed by atoms with Crippen LogP contribution in [-0.2, 0) is 16.6 Å². The third-order valence-electron chi connectivity index (χ3n) is 4.00. The molecule has 2 heterocycles. The number of nitrogens with one attached hydrogen (secondary N) is 1. The molecular formula is C17H12Cl3N3O3S. The summed E-state index contributed by atoms with van der Waals surface area (Å²) in [6.07, 6.45) is 0. The quantitative estimate of drug-likeness (QED) is 0.613. The van der Waals surface area contributed by atoms with Crippen molar-refractivity contribution >= 4 is 50.6 Å². The molecule has 27 heavy (non-hydrogen) atoms. The minimum atomic E-state index is -3.39. The third kappa shape index (κ3) is 3.73. The van der Waals surface area contributed by atoms with Crippen LogP contribution in [0, 0.1) is 0 Å². The fourth-order valence-corrected chi connectivity index (χ4v) is 4.32. The first kappa shape index (κ1) is 18.4. The molecule has 0 saturated heterocycles. The van der Waals surface area contributed by atoms with E-state index in [9.17, 15) is 8.42 Å². The molecule has 0 fully saturated rings. The molecule has 6 nitrogen and oxygen atoms in total. The van der Waals surface area contributed by atoms with Crippen LogP contribution >= 0.6 is 34.8 Å². The number of aromatic nitrogens is 2. The molecule has 4 rings (SSSR count). The molecule has 3 aromatic rings. The average Bonchev–Trinajstić information content (AvgIpc) is 2.93. The van der Waals surface area contributed by atoms with Crippen LogP contribution in [0.4, 0.5) is 5.82 Å². The predicted octanol–water partition coefficient (Wildman–Crippen LogP) is 5.06. The number of sulfonamides is 1. The second-order valence-corrected chi connectivity index (χ2v) is 8.88. The van der Waals surface area contributed by atoms with Gasteiger partial charge in [0, 0.05) is 6.07 Å². The molecule has 0 atom stereocenters. The Morgan fingerprint density at radius 2 is 1.70 bits per heavy atom. The minimum Gasteiger partial charge on any atom is -0.457 e. The second-order valence-electron chi connectivity index (χ2n) is 5.86. The van der Waals surface area contributed by atoms with E-state index in [0.717, 1.165) is 0 Å². The van der Waals surface area contributed by atoms with Crippen molar-refractivity contribution in [3.8, 4) is 22.6 Å². The lowest BCUT2D eigenvalue weighted by molar-refractivity contribution is 0.483. The standard InChI is InChI=1S/C17H12Cl3N3O3S/c18-13-6-5-12(9-14(13)19)26-11-3-1-10(2-4-11)15-16(20)21-23-7-8-27(24,25)22-17(15)23/h1-6,9,22H,7-8H2. The van der Waals surface area contributed by atoms with Gasteiger partial charge in [0.2, 0.25) is 10.0 Å². The van der Waals surface area contributed by atoms with Crippen molar-refractivity contribution in [3.05, 3.63) is 57.7 Å². The summed E-state index contributed by atoms with van der Waals surface area (Å²) in [7, 11) is -3.39. The normalized spacial score (nSPS) is 15.1. The second kappa shape index (κ2) is 6.91. The Bertz CT molecular complexity index is 1130. The number of hydrogen-bond acceptors (Lipinski definition) is 4. The molecule has 0 radical (unpaired) electrons. The van der Waals surface area contributed by atoms with E-state index in [1.165, 1.54) is 0 Å². The van der Waals surface area contributed by atoms with Gasteiger partial charge in [0.1, 0.15) is 17.3 Å². The number of fused-ring (bicyclic) bond motifs is 1. The van der Waals surface area contributed by atoms with E-state index >= 15 is 0 Å². The molecule has 0 amide bonds. The zero-order valence-electron chi connectivity index (χ0n) is 13.6. The maximum Gasteiger partial charge on any atom is 0.235 e. The van der Waals surface area contributed by atoms with Crippen molar-refractivity contribution in [1.29, 1.82) is 0 Å². The van der Waals surface area contributed by atoms with Gasteiger partial charge in [-0.1, -0.05) is 46.9 Å². The fourth-order valence-electron chi connectivity index (χ4n) is 2.73. The minimum absolute atomic E-state index is 0.0339. The Morgan fingerprint density at radius 3 is 2.41 bits per heavy atom. The molecule has 1 aliphatic heterocycles. The first-order chi connectivity index (χ1) is 12.8. The molecule has 2 aromatic carbocycles. The van der Waals surface area contributed by atoms with E-state index in [-0.39, 0.29) is 17.5 Å². The zero-order chi connectivity index (χ0) is 19.2. The van der Waals surface area contributed by atoms with Crippen LogP contribution in [-0.4, -0.2) is 24.0 Å². The summed E-state index contributed by atoms with van der Waals surface area (Å²) in [6, 6.07) is 12.0. The molecule has 0 saturated carbocycles. The maximum atomic E-state index is 11.9. The lowest BCUT2D eigenvalue weighted by Gasteiger charge is -2.17. The lowest BCUT2D eigenvalue weighted by atomic mass is 10.1. The number of anilines is 1. The Morgan fingerprint density at radius 1 is 1.00 bits per heavy atom. The Balaban J connectivity index is 1.63. The molecule has 0 spiro atoms. The van der Waals surface area contributed by atoms with Crippen molar-refractivity contribution in [2.75, 3.05) is 10.5 Å². The molecule has 10 heteroatoms. The van der Waals surface area contributed by atoms with Crippen molar-refractivity contribution < 1.29 is 13.2 Å². The molecular weight excluding hydrogens is 433 g/mol. The van der Waals surface area contributed by atoms with Crippen LogP contribution in [0.2, 0.25) is 15.2 Å². The highest BCUT2D eigenvalue weighted by molar-refractivity contribution is 7.92. The highest BCUT2D eigenvalue weighted by Gasteiger charge is 2.27. The summed E-state index contributed by atoms with van der Waals surface area (Å²) in [5.41, 5.74) is 1.24. The van der Waals surface area contributed by atoms with Gasteiger partial charge in [-0.25, -0.2) is 13.1 Å². The topological polar surface area (TPSA) is 73.2 Å². The number of aryl methyl sites for hydroxylation is 1. The monoisotopic (exact) mass is 443 g/mol. The predicted molar refractivity (Wildman–Crippen MR) is 107 cm³/mol. The summed E-state index contributed by atoms with van der Waals surface area (Å²) in [5.74, 6) is 1.46. The van der Waals surface area contributed by atoms with Crippen LogP contribution in [0.15, 0.2) is 42.5 Å². The number of benzene rings is 2. The first-order valence-corrected chi connectivity index (χ1v) is 10.6. The average molecular weight is 445 g/mol.